The van der Waals surface area contributed by atoms with Gasteiger partial charge in [-0.05, 0) is 27.2 Å². The van der Waals surface area contributed by atoms with Crippen molar-refractivity contribution >= 4 is 11.2 Å². The molecule has 122 valence electrons. The summed E-state index contributed by atoms with van der Waals surface area (Å²) in [6.07, 6.45) is 1.72. The zero-order valence-electron chi connectivity index (χ0n) is 13.8. The van der Waals surface area contributed by atoms with Crippen LogP contribution in [0.5, 0.6) is 0 Å². The van der Waals surface area contributed by atoms with Crippen LogP contribution in [0.15, 0.2) is 9.59 Å². The van der Waals surface area contributed by atoms with Crippen molar-refractivity contribution in [2.75, 3.05) is 6.54 Å². The molecule has 0 spiro atoms. The molecule has 2 rings (SSSR count). The van der Waals surface area contributed by atoms with E-state index < -0.39 is 0 Å². The van der Waals surface area contributed by atoms with Crippen LogP contribution in [0.4, 0.5) is 0 Å². The third kappa shape index (κ3) is 2.39. The van der Waals surface area contributed by atoms with Gasteiger partial charge in [-0.15, -0.1) is 0 Å². The summed E-state index contributed by atoms with van der Waals surface area (Å²) in [5, 5.41) is 0. The molecule has 0 radical (unpaired) electrons. The Labute approximate surface area is 129 Å². The second kappa shape index (κ2) is 6.48. The molecule has 22 heavy (non-hydrogen) atoms. The smallest absolute Gasteiger partial charge is 0.328 e. The number of nitrogens with two attached hydrogens (primary N) is 1. The lowest BCUT2D eigenvalue weighted by Gasteiger charge is -2.15. The number of rotatable bonds is 6. The molecule has 1 unspecified atom stereocenters. The van der Waals surface area contributed by atoms with Gasteiger partial charge >= 0.3 is 5.69 Å². The van der Waals surface area contributed by atoms with Gasteiger partial charge in [-0.2, -0.15) is 0 Å². The van der Waals surface area contributed by atoms with Crippen molar-refractivity contribution in [3.05, 3.63) is 26.7 Å². The summed E-state index contributed by atoms with van der Waals surface area (Å²) in [5.74, 6) is 0.858. The van der Waals surface area contributed by atoms with Gasteiger partial charge in [0.25, 0.3) is 5.56 Å². The van der Waals surface area contributed by atoms with Crippen molar-refractivity contribution in [1.82, 2.24) is 18.7 Å². The Hall–Kier alpha value is -1.89. The summed E-state index contributed by atoms with van der Waals surface area (Å²) >= 11 is 0. The number of nitrogens with zero attached hydrogens (tertiary/aromatic N) is 4. The number of imidazole rings is 1. The predicted octanol–water partition coefficient (Wildman–Crippen LogP) is 0.872. The molecule has 0 amide bonds. The van der Waals surface area contributed by atoms with Crippen LogP contribution in [-0.2, 0) is 19.5 Å². The first-order chi connectivity index (χ1) is 10.5. The average Bonchev–Trinajstić information content (AvgIpc) is 2.86. The maximum Gasteiger partial charge on any atom is 0.333 e. The Morgan fingerprint density at radius 2 is 1.77 bits per heavy atom. The SMILES string of the molecule is CCCc1nc2c(c(=O)n(C(C)CN)c(=O)n2CC)n1CC. The van der Waals surface area contributed by atoms with Crippen molar-refractivity contribution in [2.45, 2.75) is 59.7 Å². The molecule has 0 saturated heterocycles. The zero-order valence-corrected chi connectivity index (χ0v) is 13.8. The summed E-state index contributed by atoms with van der Waals surface area (Å²) in [6.45, 7) is 9.09. The molecule has 1 atom stereocenters. The number of hydrogen-bond donors (Lipinski definition) is 1. The predicted molar refractivity (Wildman–Crippen MR) is 87.4 cm³/mol. The largest absolute Gasteiger partial charge is 0.333 e. The van der Waals surface area contributed by atoms with Crippen molar-refractivity contribution in [1.29, 1.82) is 0 Å². The van der Waals surface area contributed by atoms with E-state index in [1.54, 1.807) is 11.5 Å². The molecule has 0 aliphatic heterocycles. The molecule has 2 heterocycles. The van der Waals surface area contributed by atoms with Crippen LogP contribution < -0.4 is 17.0 Å². The maximum atomic E-state index is 12.8. The van der Waals surface area contributed by atoms with Gasteiger partial charge in [-0.3, -0.25) is 13.9 Å². The number of aryl methyl sites for hydroxylation is 3. The van der Waals surface area contributed by atoms with Gasteiger partial charge in [0.15, 0.2) is 11.2 Å². The monoisotopic (exact) mass is 307 g/mol. The maximum absolute atomic E-state index is 12.8. The van der Waals surface area contributed by atoms with E-state index in [1.807, 2.05) is 18.4 Å². The zero-order chi connectivity index (χ0) is 16.4. The molecule has 7 nitrogen and oxygen atoms in total. The quantitative estimate of drug-likeness (QED) is 0.858. The highest BCUT2D eigenvalue weighted by atomic mass is 16.2. The van der Waals surface area contributed by atoms with E-state index in [1.165, 1.54) is 4.57 Å². The Morgan fingerprint density at radius 3 is 2.27 bits per heavy atom. The molecule has 0 saturated carbocycles. The van der Waals surface area contributed by atoms with Crippen LogP contribution in [0.2, 0.25) is 0 Å². The molecule has 0 bridgehead atoms. The first-order valence-electron chi connectivity index (χ1n) is 7.96. The van der Waals surface area contributed by atoms with E-state index >= 15 is 0 Å². The van der Waals surface area contributed by atoms with Gasteiger partial charge < -0.3 is 10.3 Å². The van der Waals surface area contributed by atoms with Crippen LogP contribution in [0.1, 0.15) is 46.0 Å². The molecule has 0 aliphatic rings. The lowest BCUT2D eigenvalue weighted by atomic mass is 10.3. The van der Waals surface area contributed by atoms with Gasteiger partial charge in [0.1, 0.15) is 5.82 Å². The molecule has 2 N–H and O–H groups in total. The van der Waals surface area contributed by atoms with E-state index in [0.29, 0.717) is 24.3 Å². The number of fused-ring (bicyclic) bond motifs is 1. The standard InChI is InChI=1S/C15H25N5O2/c1-5-8-11-17-13-12(18(11)6-2)14(21)20(10(4)9-16)15(22)19(13)7-3/h10H,5-9,16H2,1-4H3. The summed E-state index contributed by atoms with van der Waals surface area (Å²) in [6, 6.07) is -0.336. The normalized spacial score (nSPS) is 13.0. The van der Waals surface area contributed by atoms with Gasteiger partial charge in [-0.25, -0.2) is 9.78 Å². The fraction of sp³-hybridized carbons (Fsp3) is 0.667. The molecule has 0 fully saturated rings. The second-order valence-electron chi connectivity index (χ2n) is 5.48. The van der Waals surface area contributed by atoms with E-state index in [4.69, 9.17) is 5.73 Å². The third-order valence-electron chi connectivity index (χ3n) is 4.03. The lowest BCUT2D eigenvalue weighted by molar-refractivity contribution is 0.491. The van der Waals surface area contributed by atoms with Gasteiger partial charge in [0, 0.05) is 26.1 Å². The highest BCUT2D eigenvalue weighted by Crippen LogP contribution is 2.14. The fourth-order valence-corrected chi connectivity index (χ4v) is 2.84. The Bertz CT molecular complexity index is 784. The van der Waals surface area contributed by atoms with E-state index in [0.717, 1.165) is 18.7 Å². The first-order valence-corrected chi connectivity index (χ1v) is 7.96. The van der Waals surface area contributed by atoms with Crippen LogP contribution in [0, 0.1) is 0 Å². The summed E-state index contributed by atoms with van der Waals surface area (Å²) in [7, 11) is 0. The summed E-state index contributed by atoms with van der Waals surface area (Å²) < 4.78 is 4.75. The van der Waals surface area contributed by atoms with Crippen molar-refractivity contribution in [3.63, 3.8) is 0 Å². The van der Waals surface area contributed by atoms with Crippen molar-refractivity contribution in [2.24, 2.45) is 5.73 Å². The van der Waals surface area contributed by atoms with Crippen molar-refractivity contribution in [3.8, 4) is 0 Å². The van der Waals surface area contributed by atoms with Crippen LogP contribution in [-0.4, -0.2) is 25.2 Å². The van der Waals surface area contributed by atoms with Crippen LogP contribution >= 0.6 is 0 Å². The molecular weight excluding hydrogens is 282 g/mol. The van der Waals surface area contributed by atoms with E-state index in [2.05, 4.69) is 11.9 Å². The Balaban J connectivity index is 2.97. The van der Waals surface area contributed by atoms with Crippen molar-refractivity contribution < 1.29 is 0 Å². The van der Waals surface area contributed by atoms with Gasteiger partial charge in [-0.1, -0.05) is 6.92 Å². The van der Waals surface area contributed by atoms with E-state index in [-0.39, 0.29) is 23.8 Å². The summed E-state index contributed by atoms with van der Waals surface area (Å²) in [5.41, 5.74) is 6.04. The average molecular weight is 307 g/mol. The van der Waals surface area contributed by atoms with Gasteiger partial charge in [0.05, 0.1) is 6.04 Å². The third-order valence-corrected chi connectivity index (χ3v) is 4.03. The molecular formula is C15H25N5O2. The highest BCUT2D eigenvalue weighted by molar-refractivity contribution is 5.71. The number of aromatic nitrogens is 4. The first kappa shape index (κ1) is 16.5. The fourth-order valence-electron chi connectivity index (χ4n) is 2.84. The minimum Gasteiger partial charge on any atom is -0.328 e. The lowest BCUT2D eigenvalue weighted by Crippen LogP contribution is -2.43. The molecule has 0 aliphatic carbocycles. The van der Waals surface area contributed by atoms with Gasteiger partial charge in [0.2, 0.25) is 0 Å². The Kier molecular flexibility index (Phi) is 4.85. The molecule has 7 heteroatoms. The molecule has 2 aromatic rings. The molecule has 2 aromatic heterocycles. The topological polar surface area (TPSA) is 87.8 Å². The second-order valence-corrected chi connectivity index (χ2v) is 5.48. The molecule has 0 aromatic carbocycles. The summed E-state index contributed by atoms with van der Waals surface area (Å²) in [4.78, 5) is 30.0. The van der Waals surface area contributed by atoms with Crippen LogP contribution in [0.3, 0.4) is 0 Å². The van der Waals surface area contributed by atoms with E-state index in [9.17, 15) is 9.59 Å². The minimum absolute atomic E-state index is 0.243. The number of hydrogen-bond acceptors (Lipinski definition) is 4. The highest BCUT2D eigenvalue weighted by Gasteiger charge is 2.21. The Morgan fingerprint density at radius 1 is 1.14 bits per heavy atom. The minimum atomic E-state index is -0.336. The van der Waals surface area contributed by atoms with Crippen LogP contribution in [0.25, 0.3) is 11.2 Å².